The summed E-state index contributed by atoms with van der Waals surface area (Å²) in [5.74, 6) is 0. The molecule has 0 aliphatic heterocycles. The summed E-state index contributed by atoms with van der Waals surface area (Å²) in [6.45, 7) is 2.32. The van der Waals surface area contributed by atoms with Gasteiger partial charge in [-0.15, -0.1) is 0 Å². The minimum Gasteiger partial charge on any atom is -0.152 e. The summed E-state index contributed by atoms with van der Waals surface area (Å²) < 4.78 is 0. The highest BCUT2D eigenvalue weighted by atomic mass is 35.7. The Hall–Kier alpha value is -0.0500. The SMILES string of the molecule is C.CP(c1ccsc1)c1ccsc1.ClP(c1ccsc1)c1ccsc1. The van der Waals surface area contributed by atoms with Crippen LogP contribution in [0.15, 0.2) is 67.3 Å². The minimum absolute atomic E-state index is 0. The first-order valence-corrected chi connectivity index (χ1v) is 14.8. The Bertz CT molecular complexity index is 655. The van der Waals surface area contributed by atoms with Crippen molar-refractivity contribution in [1.82, 2.24) is 0 Å². The van der Waals surface area contributed by atoms with Crippen molar-refractivity contribution in [2.24, 2.45) is 0 Å². The first-order valence-electron chi connectivity index (χ1n) is 7.04. The van der Waals surface area contributed by atoms with E-state index in [0.29, 0.717) is 0 Å². The molecule has 0 atom stereocenters. The van der Waals surface area contributed by atoms with Gasteiger partial charge in [0, 0.05) is 10.6 Å². The molecule has 0 aliphatic carbocycles. The highest BCUT2D eigenvalue weighted by molar-refractivity contribution is 7.96. The molecule has 0 aliphatic rings. The molecule has 4 rings (SSSR count). The summed E-state index contributed by atoms with van der Waals surface area (Å²) in [5, 5.41) is 22.7. The van der Waals surface area contributed by atoms with Crippen LogP contribution in [0.2, 0.25) is 0 Å². The summed E-state index contributed by atoms with van der Waals surface area (Å²) in [6, 6.07) is 8.66. The molecular formula is C18H19ClP2S4. The molecule has 0 saturated heterocycles. The highest BCUT2D eigenvalue weighted by Gasteiger charge is 2.10. The van der Waals surface area contributed by atoms with Crippen LogP contribution in [0.3, 0.4) is 0 Å². The first kappa shape index (κ1) is 21.3. The van der Waals surface area contributed by atoms with Crippen molar-refractivity contribution >= 4 is 93.0 Å². The van der Waals surface area contributed by atoms with Crippen molar-refractivity contribution in [3.05, 3.63) is 67.3 Å². The van der Waals surface area contributed by atoms with Gasteiger partial charge < -0.3 is 0 Å². The fourth-order valence-corrected chi connectivity index (χ4v) is 9.82. The Kier molecular flexibility index (Phi) is 9.30. The zero-order valence-electron chi connectivity index (χ0n) is 12.8. The van der Waals surface area contributed by atoms with Crippen molar-refractivity contribution in [1.29, 1.82) is 0 Å². The third-order valence-corrected chi connectivity index (χ3v) is 11.4. The van der Waals surface area contributed by atoms with Crippen LogP contribution in [0, 0.1) is 0 Å². The van der Waals surface area contributed by atoms with Gasteiger partial charge in [0.05, 0.1) is 7.27 Å². The maximum Gasteiger partial charge on any atom is 0.0541 e. The molecule has 0 fully saturated rings. The van der Waals surface area contributed by atoms with E-state index in [1.165, 1.54) is 21.2 Å². The van der Waals surface area contributed by atoms with Crippen LogP contribution in [0.1, 0.15) is 7.43 Å². The van der Waals surface area contributed by atoms with Crippen LogP contribution < -0.4 is 21.2 Å². The first-order chi connectivity index (χ1) is 11.8. The quantitative estimate of drug-likeness (QED) is 0.290. The molecule has 0 bridgehead atoms. The molecule has 0 saturated carbocycles. The van der Waals surface area contributed by atoms with Crippen LogP contribution in [-0.4, -0.2) is 6.66 Å². The average molecular weight is 461 g/mol. The van der Waals surface area contributed by atoms with Crippen LogP contribution >= 0.6 is 71.8 Å². The van der Waals surface area contributed by atoms with Gasteiger partial charge in [-0.3, -0.25) is 0 Å². The van der Waals surface area contributed by atoms with Crippen LogP contribution in [0.4, 0.5) is 0 Å². The Morgan fingerprint density at radius 2 is 0.960 bits per heavy atom. The summed E-state index contributed by atoms with van der Waals surface area (Å²) in [6.07, 6.45) is 0. The lowest BCUT2D eigenvalue weighted by atomic mass is 10.7. The van der Waals surface area contributed by atoms with E-state index < -0.39 is 7.27 Å². The second-order valence-corrected chi connectivity index (χ2v) is 12.6. The van der Waals surface area contributed by atoms with Gasteiger partial charge in [0.25, 0.3) is 0 Å². The van der Waals surface area contributed by atoms with Gasteiger partial charge in [-0.25, -0.2) is 0 Å². The van der Waals surface area contributed by atoms with Crippen LogP contribution in [0.5, 0.6) is 0 Å². The lowest BCUT2D eigenvalue weighted by Crippen LogP contribution is -2.05. The van der Waals surface area contributed by atoms with Gasteiger partial charge in [-0.1, -0.05) is 18.7 Å². The van der Waals surface area contributed by atoms with Gasteiger partial charge in [0.1, 0.15) is 0 Å². The molecular weight excluding hydrogens is 442 g/mol. The summed E-state index contributed by atoms with van der Waals surface area (Å²) in [7, 11) is -0.680. The van der Waals surface area contributed by atoms with Gasteiger partial charge in [-0.2, -0.15) is 45.3 Å². The Morgan fingerprint density at radius 1 is 0.640 bits per heavy atom. The second-order valence-electron chi connectivity index (χ2n) is 4.77. The van der Waals surface area contributed by atoms with Crippen LogP contribution in [0.25, 0.3) is 0 Å². The topological polar surface area (TPSA) is 0 Å². The third-order valence-electron chi connectivity index (χ3n) is 3.25. The van der Waals surface area contributed by atoms with E-state index in [1.807, 2.05) is 0 Å². The fraction of sp³-hybridized carbons (Fsp3) is 0.111. The monoisotopic (exact) mass is 460 g/mol. The van der Waals surface area contributed by atoms with Crippen LogP contribution in [-0.2, 0) is 0 Å². The Labute approximate surface area is 173 Å². The predicted molar refractivity (Wildman–Crippen MR) is 128 cm³/mol. The molecule has 7 heteroatoms. The molecule has 0 aromatic carbocycles. The van der Waals surface area contributed by atoms with Crippen molar-refractivity contribution < 1.29 is 0 Å². The van der Waals surface area contributed by atoms with E-state index in [2.05, 4.69) is 74.0 Å². The molecule has 0 nitrogen and oxygen atoms in total. The number of hydrogen-bond acceptors (Lipinski definition) is 4. The summed E-state index contributed by atoms with van der Waals surface area (Å²) in [4.78, 5) is 0. The maximum atomic E-state index is 6.29. The van der Waals surface area contributed by atoms with Crippen molar-refractivity contribution in [3.63, 3.8) is 0 Å². The van der Waals surface area contributed by atoms with Gasteiger partial charge >= 0.3 is 0 Å². The third kappa shape index (κ3) is 5.97. The van der Waals surface area contributed by atoms with Gasteiger partial charge in [0.2, 0.25) is 0 Å². The van der Waals surface area contributed by atoms with Crippen molar-refractivity contribution in [3.8, 4) is 0 Å². The highest BCUT2D eigenvalue weighted by Crippen LogP contribution is 2.39. The molecule has 0 amide bonds. The minimum atomic E-state index is -0.604. The molecule has 4 aromatic heterocycles. The lowest BCUT2D eigenvalue weighted by molar-refractivity contribution is 2.07. The predicted octanol–water partition coefficient (Wildman–Crippen LogP) is 6.90. The van der Waals surface area contributed by atoms with Gasteiger partial charge in [0.15, 0.2) is 0 Å². The second kappa shape index (κ2) is 10.9. The maximum absolute atomic E-state index is 6.29. The number of hydrogen-bond donors (Lipinski definition) is 0. The molecule has 0 unspecified atom stereocenters. The Morgan fingerprint density at radius 3 is 1.24 bits per heavy atom. The van der Waals surface area contributed by atoms with E-state index in [4.69, 9.17) is 11.2 Å². The lowest BCUT2D eigenvalue weighted by Gasteiger charge is -2.06. The smallest absolute Gasteiger partial charge is 0.0541 e. The van der Waals surface area contributed by atoms with E-state index in [9.17, 15) is 0 Å². The number of halogens is 1. The number of rotatable bonds is 4. The molecule has 0 radical (unpaired) electrons. The summed E-state index contributed by atoms with van der Waals surface area (Å²) in [5.41, 5.74) is 0. The van der Waals surface area contributed by atoms with E-state index in [1.54, 1.807) is 45.3 Å². The van der Waals surface area contributed by atoms with Crippen molar-refractivity contribution in [2.45, 2.75) is 7.43 Å². The normalized spacial score (nSPS) is 10.4. The zero-order chi connectivity index (χ0) is 16.8. The molecule has 132 valence electrons. The van der Waals surface area contributed by atoms with E-state index in [-0.39, 0.29) is 15.3 Å². The van der Waals surface area contributed by atoms with E-state index >= 15 is 0 Å². The fourth-order valence-electron chi connectivity index (χ4n) is 1.93. The molecule has 25 heavy (non-hydrogen) atoms. The summed E-state index contributed by atoms with van der Waals surface area (Å²) >= 11 is 13.3. The molecule has 0 N–H and O–H groups in total. The molecule has 4 aromatic rings. The molecule has 0 spiro atoms. The zero-order valence-corrected chi connectivity index (χ0v) is 18.6. The van der Waals surface area contributed by atoms with Crippen molar-refractivity contribution in [2.75, 3.05) is 6.66 Å². The standard InChI is InChI=1S/C9H9PS2.C8H6ClPS2.CH4/c1-10(8-2-4-11-6-8)9-3-5-12-7-9;9-10(7-1-3-11-5-7)8-2-4-12-6-8;/h2-7H,1H3;1-6H;1H4. The van der Waals surface area contributed by atoms with Gasteiger partial charge in [-0.05, 0) is 92.5 Å². The average Bonchev–Trinajstić information content (AvgIpc) is 3.43. The van der Waals surface area contributed by atoms with E-state index in [0.717, 1.165) is 0 Å². The largest absolute Gasteiger partial charge is 0.152 e. The number of thiophene rings is 4. The molecule has 4 heterocycles. The Balaban J connectivity index is 0.000000173.